The van der Waals surface area contributed by atoms with E-state index in [1.165, 1.54) is 86.0 Å². The van der Waals surface area contributed by atoms with Gasteiger partial charge in [-0.2, -0.15) is 4.98 Å². The van der Waals surface area contributed by atoms with Crippen molar-refractivity contribution >= 4 is 86.8 Å². The van der Waals surface area contributed by atoms with Gasteiger partial charge in [-0.1, -0.05) is 97.1 Å². The van der Waals surface area contributed by atoms with Crippen molar-refractivity contribution < 1.29 is 4.42 Å². The highest BCUT2D eigenvalue weighted by Gasteiger charge is 2.28. The van der Waals surface area contributed by atoms with Crippen LogP contribution in [0.2, 0.25) is 0 Å². The summed E-state index contributed by atoms with van der Waals surface area (Å²) >= 11 is 1.90. The smallest absolute Gasteiger partial charge is 0.307 e. The van der Waals surface area contributed by atoms with E-state index in [2.05, 4.69) is 161 Å². The Hall–Kier alpha value is -6.69. The lowest BCUT2D eigenvalue weighted by Crippen LogP contribution is -2.19. The Morgan fingerprint density at radius 2 is 1.24 bits per heavy atom. The summed E-state index contributed by atoms with van der Waals surface area (Å²) < 4.78 is 14.4. The van der Waals surface area contributed by atoms with Gasteiger partial charge in [0.2, 0.25) is 0 Å². The van der Waals surface area contributed by atoms with Gasteiger partial charge < -0.3 is 8.82 Å². The highest BCUT2D eigenvalue weighted by Crippen LogP contribution is 2.48. The summed E-state index contributed by atoms with van der Waals surface area (Å²) in [5, 5.41) is 9.17. The third-order valence-corrected chi connectivity index (χ3v) is 12.8. The Balaban J connectivity index is 1.06. The predicted octanol–water partition coefficient (Wildman–Crippen LogP) is 12.6. The zero-order chi connectivity index (χ0) is 35.1. The summed E-state index contributed by atoms with van der Waals surface area (Å²) in [4.78, 5) is 5.19. The van der Waals surface area contributed by atoms with Crippen LogP contribution in [0.25, 0.3) is 115 Å². The van der Waals surface area contributed by atoms with Crippen LogP contribution in [0.5, 0.6) is 0 Å². The molecule has 0 saturated carbocycles. The lowest BCUT2D eigenvalue weighted by atomic mass is 9.93. The van der Waals surface area contributed by atoms with Crippen molar-refractivity contribution in [1.82, 2.24) is 14.0 Å². The average Bonchev–Trinajstić information content (AvgIpc) is 3.97. The number of aryl methyl sites for hydroxylation is 1. The summed E-state index contributed by atoms with van der Waals surface area (Å²) in [5.41, 5.74) is 13.7. The Bertz CT molecular complexity index is 3490. The highest BCUT2D eigenvalue weighted by molar-refractivity contribution is 7.26. The van der Waals surface area contributed by atoms with Crippen molar-refractivity contribution in [2.24, 2.45) is 0 Å². The molecular weight excluding hydrogens is 679 g/mol. The standard InChI is InChI=1S/C49H29N3OS/c1-3-10-28(11-4-1)31-24-32(29-12-5-2-6-13-29)26-33(25-31)30-18-20-36-41(27-30)53-49(50-36)52-39-17-9-16-38-44(39)45-40(52)21-23-42-46(45)47-43(54-42)22-19-35-34-14-7-8-15-37(34)51(38)48(35)47/h1-8,10-15,17-27H,9,16H2. The molecule has 1 aliphatic rings. The van der Waals surface area contributed by atoms with Crippen LogP contribution in [0, 0.1) is 0 Å². The second kappa shape index (κ2) is 10.5. The second-order valence-electron chi connectivity index (χ2n) is 14.6. The van der Waals surface area contributed by atoms with Gasteiger partial charge in [-0.05, 0) is 101 Å². The van der Waals surface area contributed by atoms with E-state index in [1.807, 2.05) is 11.3 Å². The molecule has 0 fully saturated rings. The van der Waals surface area contributed by atoms with Crippen LogP contribution < -0.4 is 5.35 Å². The molecule has 5 aromatic heterocycles. The van der Waals surface area contributed by atoms with Crippen LogP contribution in [0.15, 0.2) is 150 Å². The van der Waals surface area contributed by atoms with Crippen molar-refractivity contribution in [2.45, 2.75) is 12.8 Å². The largest absolute Gasteiger partial charge is 0.423 e. The third kappa shape index (κ3) is 3.78. The number of fused-ring (bicyclic) bond motifs is 5. The molecule has 12 aromatic rings. The van der Waals surface area contributed by atoms with E-state index < -0.39 is 0 Å². The summed E-state index contributed by atoms with van der Waals surface area (Å²) in [6.45, 7) is 0. The summed E-state index contributed by atoms with van der Waals surface area (Å²) in [6, 6.07) is 53.3. The van der Waals surface area contributed by atoms with Crippen molar-refractivity contribution in [2.75, 3.05) is 0 Å². The van der Waals surface area contributed by atoms with Gasteiger partial charge in [-0.15, -0.1) is 11.3 Å². The van der Waals surface area contributed by atoms with Crippen molar-refractivity contribution in [3.05, 3.63) is 157 Å². The molecule has 0 N–H and O–H groups in total. The molecule has 5 heteroatoms. The van der Waals surface area contributed by atoms with Crippen LogP contribution in [0.3, 0.4) is 0 Å². The molecule has 0 radical (unpaired) electrons. The Labute approximate surface area is 312 Å². The molecular formula is C49H29N3OS. The Kier molecular flexibility index (Phi) is 5.59. The Morgan fingerprint density at radius 3 is 2.04 bits per heavy atom. The fraction of sp³-hybridized carbons (Fsp3) is 0.0408. The number of hydrogen-bond acceptors (Lipinski definition) is 3. The molecule has 252 valence electrons. The lowest BCUT2D eigenvalue weighted by molar-refractivity contribution is 0.566. The molecule has 7 aromatic carbocycles. The molecule has 0 atom stereocenters. The van der Waals surface area contributed by atoms with Crippen LogP contribution in [-0.4, -0.2) is 14.0 Å². The SMILES string of the molecule is C1=c2c3c(n4c5ccccc5c5ccc6sc7ccc(c3c7c6c54)n2-c2nc3ccc(-c4cc(-c5ccccc5)cc(-c5ccccc5)c4)cc3o2)CC1. The van der Waals surface area contributed by atoms with Gasteiger partial charge in [0.25, 0.3) is 0 Å². The molecule has 13 rings (SSSR count). The predicted molar refractivity (Wildman–Crippen MR) is 225 cm³/mol. The van der Waals surface area contributed by atoms with Gasteiger partial charge in [-0.3, -0.25) is 4.57 Å². The molecule has 0 spiro atoms. The van der Waals surface area contributed by atoms with Crippen LogP contribution in [-0.2, 0) is 6.42 Å². The maximum atomic E-state index is 6.84. The van der Waals surface area contributed by atoms with Gasteiger partial charge in [0.05, 0.1) is 21.9 Å². The van der Waals surface area contributed by atoms with E-state index in [-0.39, 0.29) is 0 Å². The minimum atomic E-state index is 0.608. The van der Waals surface area contributed by atoms with Crippen molar-refractivity contribution in [3.8, 4) is 39.4 Å². The van der Waals surface area contributed by atoms with Crippen molar-refractivity contribution in [3.63, 3.8) is 0 Å². The number of thiophene rings is 1. The topological polar surface area (TPSA) is 35.4 Å². The first-order valence-electron chi connectivity index (χ1n) is 18.6. The van der Waals surface area contributed by atoms with Crippen LogP contribution in [0.4, 0.5) is 0 Å². The van der Waals surface area contributed by atoms with Crippen molar-refractivity contribution in [1.29, 1.82) is 0 Å². The van der Waals surface area contributed by atoms with E-state index in [0.717, 1.165) is 40.6 Å². The molecule has 0 aliphatic heterocycles. The molecule has 5 heterocycles. The zero-order valence-corrected chi connectivity index (χ0v) is 29.8. The summed E-state index contributed by atoms with van der Waals surface area (Å²) in [6.07, 6.45) is 4.32. The molecule has 0 unspecified atom stereocenters. The minimum Gasteiger partial charge on any atom is -0.423 e. The lowest BCUT2D eigenvalue weighted by Gasteiger charge is -2.11. The van der Waals surface area contributed by atoms with E-state index in [0.29, 0.717) is 6.01 Å². The Morgan fingerprint density at radius 1 is 0.537 bits per heavy atom. The van der Waals surface area contributed by atoms with Gasteiger partial charge >= 0.3 is 6.01 Å². The first-order chi connectivity index (χ1) is 26.8. The third-order valence-electron chi connectivity index (χ3n) is 11.7. The molecule has 54 heavy (non-hydrogen) atoms. The quantitative estimate of drug-likeness (QED) is 0.183. The number of hydrogen-bond donors (Lipinski definition) is 0. The van der Waals surface area contributed by atoms with E-state index in [1.54, 1.807) is 0 Å². The maximum Gasteiger partial charge on any atom is 0.307 e. The zero-order valence-electron chi connectivity index (χ0n) is 29.0. The first-order valence-corrected chi connectivity index (χ1v) is 19.4. The number of aromatic nitrogens is 3. The normalized spacial score (nSPS) is 13.2. The molecule has 0 saturated heterocycles. The fourth-order valence-corrected chi connectivity index (χ4v) is 10.6. The minimum absolute atomic E-state index is 0.608. The summed E-state index contributed by atoms with van der Waals surface area (Å²) in [7, 11) is 0. The molecule has 0 bridgehead atoms. The van der Waals surface area contributed by atoms with Crippen LogP contribution >= 0.6 is 11.3 Å². The summed E-state index contributed by atoms with van der Waals surface area (Å²) in [5.74, 6) is 0. The second-order valence-corrected chi connectivity index (χ2v) is 15.7. The molecule has 0 amide bonds. The molecule has 1 aliphatic carbocycles. The number of rotatable bonds is 4. The number of oxazole rings is 1. The fourth-order valence-electron chi connectivity index (χ4n) is 9.44. The number of nitrogens with zero attached hydrogens (tertiary/aromatic N) is 3. The maximum absolute atomic E-state index is 6.84. The van der Waals surface area contributed by atoms with Gasteiger partial charge in [-0.25, -0.2) is 0 Å². The van der Waals surface area contributed by atoms with Crippen LogP contribution in [0.1, 0.15) is 12.1 Å². The highest BCUT2D eigenvalue weighted by atomic mass is 32.1. The van der Waals surface area contributed by atoms with E-state index >= 15 is 0 Å². The monoisotopic (exact) mass is 707 g/mol. The van der Waals surface area contributed by atoms with E-state index in [4.69, 9.17) is 9.40 Å². The van der Waals surface area contributed by atoms with Gasteiger partial charge in [0.15, 0.2) is 5.58 Å². The molecule has 4 nitrogen and oxygen atoms in total. The first kappa shape index (κ1) is 28.8. The average molecular weight is 708 g/mol. The van der Waals surface area contributed by atoms with Gasteiger partial charge in [0, 0.05) is 47.4 Å². The van der Waals surface area contributed by atoms with E-state index in [9.17, 15) is 0 Å². The van der Waals surface area contributed by atoms with Gasteiger partial charge in [0.1, 0.15) is 5.52 Å². The number of benzene rings is 7. The number of para-hydroxylation sites is 1.